The molecule has 0 aliphatic heterocycles. The molecule has 5 nitrogen and oxygen atoms in total. The number of hydrogen-bond donors (Lipinski definition) is 1. The summed E-state index contributed by atoms with van der Waals surface area (Å²) in [6, 6.07) is 9.33. The molecule has 1 aromatic heterocycles. The van der Waals surface area contributed by atoms with Crippen LogP contribution in [-0.2, 0) is 22.6 Å². The largest absolute Gasteiger partial charge is 0.477 e. The second kappa shape index (κ2) is 6.10. The highest BCUT2D eigenvalue weighted by Crippen LogP contribution is 2.14. The zero-order valence-electron chi connectivity index (χ0n) is 9.91. The molecule has 0 spiro atoms. The topological polar surface area (TPSA) is 76.5 Å². The first-order valence-electron chi connectivity index (χ1n) is 5.52. The fourth-order valence-corrected chi connectivity index (χ4v) is 2.15. The van der Waals surface area contributed by atoms with Gasteiger partial charge in [-0.1, -0.05) is 30.3 Å². The molecule has 1 heterocycles. The molecule has 0 amide bonds. The second-order valence-electron chi connectivity index (χ2n) is 3.75. The molecule has 19 heavy (non-hydrogen) atoms. The van der Waals surface area contributed by atoms with Crippen LogP contribution in [0.1, 0.15) is 20.2 Å². The van der Waals surface area contributed by atoms with Gasteiger partial charge in [-0.2, -0.15) is 0 Å². The molecule has 0 atom stereocenters. The van der Waals surface area contributed by atoms with Crippen LogP contribution in [0, 0.1) is 0 Å². The maximum Gasteiger partial charge on any atom is 0.347 e. The third-order valence-electron chi connectivity index (χ3n) is 2.30. The van der Waals surface area contributed by atoms with E-state index >= 15 is 0 Å². The Morgan fingerprint density at radius 1 is 1.26 bits per heavy atom. The lowest BCUT2D eigenvalue weighted by atomic mass is 10.2. The molecule has 6 heteroatoms. The Labute approximate surface area is 113 Å². The van der Waals surface area contributed by atoms with E-state index in [-0.39, 0.29) is 17.9 Å². The average Bonchev–Trinajstić information content (AvgIpc) is 2.86. The molecule has 0 saturated heterocycles. The van der Waals surface area contributed by atoms with Gasteiger partial charge >= 0.3 is 11.9 Å². The third kappa shape index (κ3) is 3.89. The SMILES string of the molecule is O=C(Cc1ncc(C(=O)O)s1)OCc1ccccc1. The molecule has 98 valence electrons. The summed E-state index contributed by atoms with van der Waals surface area (Å²) >= 11 is 0.979. The molecule has 0 unspecified atom stereocenters. The van der Waals surface area contributed by atoms with Gasteiger partial charge in [0.15, 0.2) is 0 Å². The number of carboxylic acids is 1. The molecule has 2 aromatic rings. The molecular formula is C13H11NO4S. The monoisotopic (exact) mass is 277 g/mol. The Kier molecular flexibility index (Phi) is 4.25. The highest BCUT2D eigenvalue weighted by atomic mass is 32.1. The Morgan fingerprint density at radius 3 is 2.63 bits per heavy atom. The van der Waals surface area contributed by atoms with Gasteiger partial charge in [0.2, 0.25) is 0 Å². The van der Waals surface area contributed by atoms with Crippen molar-refractivity contribution in [1.29, 1.82) is 0 Å². The van der Waals surface area contributed by atoms with Gasteiger partial charge in [-0.3, -0.25) is 4.79 Å². The van der Waals surface area contributed by atoms with Crippen LogP contribution in [0.2, 0.25) is 0 Å². The van der Waals surface area contributed by atoms with Crippen molar-refractivity contribution in [2.45, 2.75) is 13.0 Å². The molecule has 0 bridgehead atoms. The molecule has 0 saturated carbocycles. The van der Waals surface area contributed by atoms with Crippen LogP contribution in [0.4, 0.5) is 0 Å². The van der Waals surface area contributed by atoms with Crippen LogP contribution in [0.15, 0.2) is 36.5 Å². The predicted octanol–water partition coefficient (Wildman–Crippen LogP) is 2.13. The first-order valence-corrected chi connectivity index (χ1v) is 6.34. The lowest BCUT2D eigenvalue weighted by Crippen LogP contribution is -2.07. The summed E-state index contributed by atoms with van der Waals surface area (Å²) in [5, 5.41) is 9.18. The fourth-order valence-electron chi connectivity index (χ4n) is 1.40. The predicted molar refractivity (Wildman–Crippen MR) is 69.0 cm³/mol. The normalized spacial score (nSPS) is 10.1. The van der Waals surface area contributed by atoms with E-state index < -0.39 is 11.9 Å². The second-order valence-corrected chi connectivity index (χ2v) is 4.86. The minimum atomic E-state index is -1.04. The van der Waals surface area contributed by atoms with E-state index in [9.17, 15) is 9.59 Å². The number of rotatable bonds is 5. The van der Waals surface area contributed by atoms with Crippen LogP contribution in [0.25, 0.3) is 0 Å². The van der Waals surface area contributed by atoms with Crippen LogP contribution in [0.5, 0.6) is 0 Å². The summed E-state index contributed by atoms with van der Waals surface area (Å²) in [7, 11) is 0. The van der Waals surface area contributed by atoms with E-state index in [1.54, 1.807) is 0 Å². The van der Waals surface area contributed by atoms with Crippen molar-refractivity contribution in [3.05, 3.63) is 52.0 Å². The lowest BCUT2D eigenvalue weighted by molar-refractivity contribution is -0.144. The number of carbonyl (C=O) groups excluding carboxylic acids is 1. The molecule has 1 N–H and O–H groups in total. The van der Waals surface area contributed by atoms with Gasteiger partial charge in [0.25, 0.3) is 0 Å². The quantitative estimate of drug-likeness (QED) is 0.847. The van der Waals surface area contributed by atoms with E-state index in [1.165, 1.54) is 6.20 Å². The Morgan fingerprint density at radius 2 is 2.00 bits per heavy atom. The summed E-state index contributed by atoms with van der Waals surface area (Å²) in [4.78, 5) is 26.2. The number of esters is 1. The number of carbonyl (C=O) groups is 2. The van der Waals surface area contributed by atoms with Gasteiger partial charge in [0.05, 0.1) is 12.6 Å². The maximum atomic E-state index is 11.6. The van der Waals surface area contributed by atoms with Crippen molar-refractivity contribution in [2.75, 3.05) is 0 Å². The van der Waals surface area contributed by atoms with Crippen LogP contribution in [-0.4, -0.2) is 22.0 Å². The molecule has 1 aromatic carbocycles. The number of nitrogens with zero attached hydrogens (tertiary/aromatic N) is 1. The maximum absolute atomic E-state index is 11.6. The first kappa shape index (κ1) is 13.2. The van der Waals surface area contributed by atoms with E-state index in [1.807, 2.05) is 30.3 Å². The number of thiazole rings is 1. The molecule has 0 aliphatic carbocycles. The highest BCUT2D eigenvalue weighted by molar-refractivity contribution is 7.13. The zero-order chi connectivity index (χ0) is 13.7. The van der Waals surface area contributed by atoms with Crippen molar-refractivity contribution in [2.24, 2.45) is 0 Å². The number of carboxylic acid groups (broad SMARTS) is 1. The summed E-state index contributed by atoms with van der Waals surface area (Å²) in [5.74, 6) is -1.46. The van der Waals surface area contributed by atoms with Crippen LogP contribution in [0.3, 0.4) is 0 Å². The van der Waals surface area contributed by atoms with Crippen LogP contribution >= 0.6 is 11.3 Å². The Hall–Kier alpha value is -2.21. The summed E-state index contributed by atoms with van der Waals surface area (Å²) in [6.07, 6.45) is 1.23. The Balaban J connectivity index is 1.85. The molecule has 2 rings (SSSR count). The highest BCUT2D eigenvalue weighted by Gasteiger charge is 2.12. The number of benzene rings is 1. The van der Waals surface area contributed by atoms with Gasteiger partial charge in [0.1, 0.15) is 16.5 Å². The number of aromatic nitrogens is 1. The number of hydrogen-bond acceptors (Lipinski definition) is 5. The summed E-state index contributed by atoms with van der Waals surface area (Å²) < 4.78 is 5.08. The summed E-state index contributed by atoms with van der Waals surface area (Å²) in [6.45, 7) is 0.205. The van der Waals surface area contributed by atoms with Gasteiger partial charge in [0, 0.05) is 0 Å². The van der Waals surface area contributed by atoms with Gasteiger partial charge in [-0.15, -0.1) is 11.3 Å². The van der Waals surface area contributed by atoms with Gasteiger partial charge < -0.3 is 9.84 Å². The van der Waals surface area contributed by atoms with E-state index in [0.717, 1.165) is 16.9 Å². The third-order valence-corrected chi connectivity index (χ3v) is 3.29. The smallest absolute Gasteiger partial charge is 0.347 e. The fraction of sp³-hybridized carbons (Fsp3) is 0.154. The van der Waals surface area contributed by atoms with Crippen molar-refractivity contribution < 1.29 is 19.4 Å². The average molecular weight is 277 g/mol. The van der Waals surface area contributed by atoms with E-state index in [2.05, 4.69) is 4.98 Å². The van der Waals surface area contributed by atoms with Gasteiger partial charge in [-0.25, -0.2) is 9.78 Å². The van der Waals surface area contributed by atoms with Crippen molar-refractivity contribution in [3.8, 4) is 0 Å². The Bertz CT molecular complexity index is 579. The van der Waals surface area contributed by atoms with E-state index in [0.29, 0.717) is 5.01 Å². The minimum Gasteiger partial charge on any atom is -0.477 e. The van der Waals surface area contributed by atoms with Crippen molar-refractivity contribution in [1.82, 2.24) is 4.98 Å². The minimum absolute atomic E-state index is 0.00915. The lowest BCUT2D eigenvalue weighted by Gasteiger charge is -2.03. The molecule has 0 aliphatic rings. The van der Waals surface area contributed by atoms with Crippen molar-refractivity contribution in [3.63, 3.8) is 0 Å². The standard InChI is InChI=1S/C13H11NO4S/c15-12(18-8-9-4-2-1-3-5-9)6-11-14-7-10(19-11)13(16)17/h1-5,7H,6,8H2,(H,16,17). The first-order chi connectivity index (χ1) is 9.15. The molecule has 0 fully saturated rings. The van der Waals surface area contributed by atoms with E-state index in [4.69, 9.17) is 9.84 Å². The van der Waals surface area contributed by atoms with Crippen molar-refractivity contribution >= 4 is 23.3 Å². The molecule has 0 radical (unpaired) electrons. The number of aromatic carboxylic acids is 1. The number of ether oxygens (including phenoxy) is 1. The summed E-state index contributed by atoms with van der Waals surface area (Å²) in [5.41, 5.74) is 0.904. The van der Waals surface area contributed by atoms with Crippen LogP contribution < -0.4 is 0 Å². The van der Waals surface area contributed by atoms with Gasteiger partial charge in [-0.05, 0) is 5.56 Å². The molecular weight excluding hydrogens is 266 g/mol. The zero-order valence-corrected chi connectivity index (χ0v) is 10.7.